The molecule has 6 heteroatoms. The number of benzene rings is 1. The fourth-order valence-corrected chi connectivity index (χ4v) is 1.34. The van der Waals surface area contributed by atoms with Gasteiger partial charge in [-0.05, 0) is 23.8 Å². The van der Waals surface area contributed by atoms with Crippen molar-refractivity contribution < 1.29 is 27.4 Å². The van der Waals surface area contributed by atoms with Crippen LogP contribution in [0.25, 0.3) is 0 Å². The summed E-state index contributed by atoms with van der Waals surface area (Å²) in [6.45, 7) is 2.64. The molecule has 1 aromatic rings. The van der Waals surface area contributed by atoms with Gasteiger partial charge in [0, 0.05) is 0 Å². The first-order valence-electron chi connectivity index (χ1n) is 4.97. The minimum Gasteiger partial charge on any atom is -0.497 e. The van der Waals surface area contributed by atoms with E-state index in [1.807, 2.05) is 0 Å². The average molecular weight is 264 g/mol. The van der Waals surface area contributed by atoms with E-state index in [1.54, 1.807) is 0 Å². The Labute approximate surface area is 102 Å². The molecule has 0 aliphatic heterocycles. The first-order valence-corrected chi connectivity index (χ1v) is 4.97. The number of halogens is 4. The van der Waals surface area contributed by atoms with Crippen LogP contribution in [0.15, 0.2) is 36.9 Å². The van der Waals surface area contributed by atoms with E-state index >= 15 is 0 Å². The Morgan fingerprint density at radius 3 is 2.44 bits per heavy atom. The van der Waals surface area contributed by atoms with Crippen molar-refractivity contribution in [3.8, 4) is 5.75 Å². The molecule has 1 aromatic carbocycles. The van der Waals surface area contributed by atoms with Crippen LogP contribution in [0, 0.1) is 0 Å². The molecule has 100 valence electrons. The number of methoxy groups -OCH3 is 1. The summed E-state index contributed by atoms with van der Waals surface area (Å²) >= 11 is 0. The van der Waals surface area contributed by atoms with Crippen LogP contribution in [0.5, 0.6) is 5.75 Å². The van der Waals surface area contributed by atoms with Gasteiger partial charge >= 0.3 is 11.8 Å². The Kier molecular flexibility index (Phi) is 4.01. The third-order valence-corrected chi connectivity index (χ3v) is 2.45. The van der Waals surface area contributed by atoms with Crippen molar-refractivity contribution in [3.05, 3.63) is 42.5 Å². The number of aliphatic hydroxyl groups is 1. The molecule has 0 fully saturated rings. The molecule has 0 heterocycles. The SMILES string of the molecule is C=CC(F)(F)C(F)(F)C(O)c1cccc(OC)c1. The monoisotopic (exact) mass is 264 g/mol. The third-order valence-electron chi connectivity index (χ3n) is 2.45. The van der Waals surface area contributed by atoms with Gasteiger partial charge in [0.25, 0.3) is 0 Å². The van der Waals surface area contributed by atoms with E-state index in [-0.39, 0.29) is 17.4 Å². The first-order chi connectivity index (χ1) is 8.26. The Morgan fingerprint density at radius 2 is 1.94 bits per heavy atom. The first kappa shape index (κ1) is 14.5. The molecule has 1 N–H and O–H groups in total. The largest absolute Gasteiger partial charge is 0.497 e. The highest BCUT2D eigenvalue weighted by molar-refractivity contribution is 5.31. The summed E-state index contributed by atoms with van der Waals surface area (Å²) in [7, 11) is 1.29. The maximum atomic E-state index is 13.4. The fraction of sp³-hybridized carbons (Fsp3) is 0.333. The molecule has 2 nitrogen and oxygen atoms in total. The summed E-state index contributed by atoms with van der Waals surface area (Å²) in [5.41, 5.74) is -0.360. The fourth-order valence-electron chi connectivity index (χ4n) is 1.34. The van der Waals surface area contributed by atoms with Crippen LogP contribution in [0.4, 0.5) is 17.6 Å². The van der Waals surface area contributed by atoms with E-state index < -0.39 is 17.9 Å². The highest BCUT2D eigenvalue weighted by atomic mass is 19.3. The zero-order valence-corrected chi connectivity index (χ0v) is 9.54. The van der Waals surface area contributed by atoms with Crippen molar-refractivity contribution in [2.75, 3.05) is 7.11 Å². The zero-order valence-electron chi connectivity index (χ0n) is 9.54. The quantitative estimate of drug-likeness (QED) is 0.653. The lowest BCUT2D eigenvalue weighted by Crippen LogP contribution is -2.43. The standard InChI is InChI=1S/C12H12F4O2/c1-3-11(13,14)12(15,16)10(17)8-5-4-6-9(7-8)18-2/h3-7,10,17H,1H2,2H3. The lowest BCUT2D eigenvalue weighted by Gasteiger charge is -2.28. The van der Waals surface area contributed by atoms with E-state index in [0.717, 1.165) is 12.1 Å². The molecule has 0 amide bonds. The molecule has 1 atom stereocenters. The van der Waals surface area contributed by atoms with Crippen molar-refractivity contribution in [2.45, 2.75) is 17.9 Å². The predicted molar refractivity (Wildman–Crippen MR) is 58.0 cm³/mol. The number of allylic oxidation sites excluding steroid dienone is 1. The highest BCUT2D eigenvalue weighted by Crippen LogP contribution is 2.44. The van der Waals surface area contributed by atoms with Crippen LogP contribution in [-0.4, -0.2) is 24.1 Å². The van der Waals surface area contributed by atoms with E-state index in [1.165, 1.54) is 19.2 Å². The van der Waals surface area contributed by atoms with E-state index in [4.69, 9.17) is 4.74 Å². The van der Waals surface area contributed by atoms with Gasteiger partial charge in [0.2, 0.25) is 0 Å². The molecule has 0 aromatic heterocycles. The summed E-state index contributed by atoms with van der Waals surface area (Å²) in [4.78, 5) is 0. The normalized spacial score (nSPS) is 14.1. The predicted octanol–water partition coefficient (Wildman–Crippen LogP) is 3.19. The highest BCUT2D eigenvalue weighted by Gasteiger charge is 2.59. The van der Waals surface area contributed by atoms with Crippen molar-refractivity contribution in [2.24, 2.45) is 0 Å². The topological polar surface area (TPSA) is 29.5 Å². The van der Waals surface area contributed by atoms with Crippen LogP contribution in [0.2, 0.25) is 0 Å². The summed E-state index contributed by atoms with van der Waals surface area (Å²) in [5, 5.41) is 9.40. The van der Waals surface area contributed by atoms with Gasteiger partial charge in [-0.3, -0.25) is 0 Å². The van der Waals surface area contributed by atoms with Crippen LogP contribution < -0.4 is 4.74 Å². The van der Waals surface area contributed by atoms with Gasteiger partial charge in [0.05, 0.1) is 7.11 Å². The van der Waals surface area contributed by atoms with Crippen LogP contribution >= 0.6 is 0 Å². The molecule has 0 radical (unpaired) electrons. The lowest BCUT2D eigenvalue weighted by molar-refractivity contribution is -0.232. The average Bonchev–Trinajstić information content (AvgIpc) is 2.37. The number of ether oxygens (including phenoxy) is 1. The Bertz CT molecular complexity index is 432. The maximum absolute atomic E-state index is 13.4. The maximum Gasteiger partial charge on any atom is 0.343 e. The number of hydrogen-bond acceptors (Lipinski definition) is 2. The van der Waals surface area contributed by atoms with Crippen LogP contribution in [0.3, 0.4) is 0 Å². The van der Waals surface area contributed by atoms with Gasteiger partial charge < -0.3 is 9.84 Å². The van der Waals surface area contributed by atoms with E-state index in [2.05, 4.69) is 6.58 Å². The third kappa shape index (κ3) is 2.48. The summed E-state index contributed by atoms with van der Waals surface area (Å²) in [5.74, 6) is -8.97. The van der Waals surface area contributed by atoms with E-state index in [9.17, 15) is 22.7 Å². The van der Waals surface area contributed by atoms with Crippen LogP contribution in [-0.2, 0) is 0 Å². The minimum absolute atomic E-state index is 0.184. The molecular formula is C12H12F4O2. The van der Waals surface area contributed by atoms with Crippen molar-refractivity contribution in [1.82, 2.24) is 0 Å². The Morgan fingerprint density at radius 1 is 1.33 bits per heavy atom. The smallest absolute Gasteiger partial charge is 0.343 e. The molecule has 0 saturated heterocycles. The second-order valence-corrected chi connectivity index (χ2v) is 3.63. The van der Waals surface area contributed by atoms with Gasteiger partial charge in [-0.2, -0.15) is 17.6 Å². The number of aliphatic hydroxyl groups excluding tert-OH is 1. The lowest BCUT2D eigenvalue weighted by atomic mass is 9.98. The summed E-state index contributed by atoms with van der Waals surface area (Å²) in [6.07, 6.45) is -2.84. The summed E-state index contributed by atoms with van der Waals surface area (Å²) < 4.78 is 57.6. The van der Waals surface area contributed by atoms with E-state index in [0.29, 0.717) is 0 Å². The number of hydrogen-bond donors (Lipinski definition) is 1. The molecule has 0 spiro atoms. The van der Waals surface area contributed by atoms with Gasteiger partial charge in [0.15, 0.2) is 0 Å². The van der Waals surface area contributed by atoms with Crippen LogP contribution in [0.1, 0.15) is 11.7 Å². The van der Waals surface area contributed by atoms with Gasteiger partial charge in [-0.15, -0.1) is 0 Å². The molecule has 0 aliphatic rings. The number of rotatable bonds is 5. The zero-order chi connectivity index (χ0) is 14.0. The van der Waals surface area contributed by atoms with Crippen molar-refractivity contribution in [3.63, 3.8) is 0 Å². The molecule has 1 rings (SSSR count). The molecule has 0 aliphatic carbocycles. The Hall–Kier alpha value is -1.56. The molecule has 18 heavy (non-hydrogen) atoms. The second-order valence-electron chi connectivity index (χ2n) is 3.63. The summed E-state index contributed by atoms with van der Waals surface area (Å²) in [6, 6.07) is 4.94. The second kappa shape index (κ2) is 4.97. The molecule has 1 unspecified atom stereocenters. The van der Waals surface area contributed by atoms with Crippen molar-refractivity contribution >= 4 is 0 Å². The minimum atomic E-state index is -4.65. The number of alkyl halides is 4. The van der Waals surface area contributed by atoms with Gasteiger partial charge in [-0.25, -0.2) is 0 Å². The van der Waals surface area contributed by atoms with Gasteiger partial charge in [-0.1, -0.05) is 18.7 Å². The molecule has 0 saturated carbocycles. The Balaban J connectivity index is 3.12. The van der Waals surface area contributed by atoms with Crippen molar-refractivity contribution in [1.29, 1.82) is 0 Å². The van der Waals surface area contributed by atoms with Gasteiger partial charge in [0.1, 0.15) is 11.9 Å². The molecular weight excluding hydrogens is 252 g/mol. The molecule has 0 bridgehead atoms.